The van der Waals surface area contributed by atoms with Gasteiger partial charge in [-0.15, -0.1) is 0 Å². The highest BCUT2D eigenvalue weighted by Gasteiger charge is 2.31. The van der Waals surface area contributed by atoms with Crippen LogP contribution in [0.1, 0.15) is 64.2 Å². The summed E-state index contributed by atoms with van der Waals surface area (Å²) in [5.74, 6) is 0.493. The third-order valence-electron chi connectivity index (χ3n) is 6.48. The van der Waals surface area contributed by atoms with E-state index in [2.05, 4.69) is 52.8 Å². The normalized spacial score (nSPS) is 9.93. The van der Waals surface area contributed by atoms with Gasteiger partial charge in [0, 0.05) is 46.1 Å². The van der Waals surface area contributed by atoms with Crippen molar-refractivity contribution < 1.29 is 29.9 Å². The fraction of sp³-hybridized carbons (Fsp3) is 0.368. The fourth-order valence-corrected chi connectivity index (χ4v) is 3.72. The zero-order chi connectivity index (χ0) is 33.2. The number of hydrogen-bond donors (Lipinski definition) is 4. The van der Waals surface area contributed by atoms with E-state index < -0.39 is 5.41 Å². The number of benzene rings is 4. The lowest BCUT2D eigenvalue weighted by atomic mass is 9.71. The Balaban J connectivity index is 0.000000962. The zero-order valence-electron chi connectivity index (χ0n) is 27.7. The molecule has 6 nitrogen and oxygen atoms in total. The molecule has 0 radical (unpaired) electrons. The minimum Gasteiger partial charge on any atom is -0.508 e. The van der Waals surface area contributed by atoms with Gasteiger partial charge in [-0.3, -0.25) is 0 Å². The standard InChI is InChI=1S/C26H22O2.4C3H8O/c1-26(22-11-15-24(27)16-12-22,23-13-17-25(28)18-14-23)21-9-7-20(8-10-21)19-5-3-2-4-6-19;2*1-3-4-2;2*1-2-3-4/h2-18,27-28H,1H3;2*3H2,1-2H3;2*4H,2-3H2,1H3. The fourth-order valence-electron chi connectivity index (χ4n) is 3.72. The van der Waals surface area contributed by atoms with E-state index >= 15 is 0 Å². The second kappa shape index (κ2) is 24.7. The van der Waals surface area contributed by atoms with Crippen LogP contribution in [-0.2, 0) is 14.9 Å². The molecular weight excluding hydrogens is 552 g/mol. The van der Waals surface area contributed by atoms with Gasteiger partial charge in [-0.2, -0.15) is 0 Å². The minimum absolute atomic E-state index is 0.247. The predicted octanol–water partition coefficient (Wildman–Crippen LogP) is 8.20. The summed E-state index contributed by atoms with van der Waals surface area (Å²) in [7, 11) is 3.36. The van der Waals surface area contributed by atoms with Crippen molar-refractivity contribution in [1.29, 1.82) is 0 Å². The second-order valence-electron chi connectivity index (χ2n) is 9.76. The third kappa shape index (κ3) is 14.7. The van der Waals surface area contributed by atoms with E-state index in [0.717, 1.165) is 42.7 Å². The number of phenolic OH excluding ortho intramolecular Hbond substituents is 2. The van der Waals surface area contributed by atoms with Gasteiger partial charge in [-0.25, -0.2) is 0 Å². The topological polar surface area (TPSA) is 99.4 Å². The molecule has 4 aromatic rings. The summed E-state index contributed by atoms with van der Waals surface area (Å²) in [6.07, 6.45) is 1.75. The maximum Gasteiger partial charge on any atom is 0.115 e. The van der Waals surface area contributed by atoms with E-state index in [1.54, 1.807) is 38.5 Å². The van der Waals surface area contributed by atoms with Crippen LogP contribution in [0.3, 0.4) is 0 Å². The largest absolute Gasteiger partial charge is 0.508 e. The minimum atomic E-state index is -0.420. The van der Waals surface area contributed by atoms with Crippen LogP contribution in [0, 0.1) is 0 Å². The summed E-state index contributed by atoms with van der Waals surface area (Å²) in [5.41, 5.74) is 5.22. The summed E-state index contributed by atoms with van der Waals surface area (Å²) in [4.78, 5) is 0. The van der Waals surface area contributed by atoms with E-state index in [-0.39, 0.29) is 11.5 Å². The molecule has 0 saturated carbocycles. The van der Waals surface area contributed by atoms with Crippen LogP contribution in [-0.4, -0.2) is 61.1 Å². The molecule has 0 bridgehead atoms. The molecule has 0 amide bonds. The van der Waals surface area contributed by atoms with Crippen LogP contribution in [0.15, 0.2) is 103 Å². The van der Waals surface area contributed by atoms with Gasteiger partial charge in [-0.1, -0.05) is 92.7 Å². The van der Waals surface area contributed by atoms with Gasteiger partial charge in [0.05, 0.1) is 0 Å². The Kier molecular flexibility index (Phi) is 22.7. The van der Waals surface area contributed by atoms with Gasteiger partial charge in [-0.05, 0) is 85.7 Å². The van der Waals surface area contributed by atoms with E-state index in [9.17, 15) is 10.2 Å². The smallest absolute Gasteiger partial charge is 0.115 e. The number of ether oxygens (including phenoxy) is 2. The van der Waals surface area contributed by atoms with Crippen molar-refractivity contribution >= 4 is 0 Å². The Bertz CT molecular complexity index is 1120. The lowest BCUT2D eigenvalue weighted by Crippen LogP contribution is -2.25. The first-order valence-electron chi connectivity index (χ1n) is 15.2. The Morgan fingerprint density at radius 2 is 0.773 bits per heavy atom. The van der Waals surface area contributed by atoms with Crippen LogP contribution in [0.5, 0.6) is 11.5 Å². The molecule has 242 valence electrons. The number of rotatable bonds is 8. The molecule has 4 rings (SSSR count). The lowest BCUT2D eigenvalue weighted by Gasteiger charge is -2.32. The molecule has 0 fully saturated rings. The summed E-state index contributed by atoms with van der Waals surface area (Å²) < 4.78 is 9.08. The molecular formula is C38H54O6. The van der Waals surface area contributed by atoms with Crippen molar-refractivity contribution in [2.45, 2.75) is 52.9 Å². The van der Waals surface area contributed by atoms with E-state index in [1.165, 1.54) is 11.1 Å². The van der Waals surface area contributed by atoms with Crippen molar-refractivity contribution in [3.63, 3.8) is 0 Å². The Labute approximate surface area is 265 Å². The third-order valence-corrected chi connectivity index (χ3v) is 6.48. The molecule has 44 heavy (non-hydrogen) atoms. The molecule has 4 aromatic carbocycles. The van der Waals surface area contributed by atoms with Crippen LogP contribution < -0.4 is 0 Å². The first kappa shape index (κ1) is 40.3. The molecule has 0 aliphatic rings. The van der Waals surface area contributed by atoms with Gasteiger partial charge in [0.2, 0.25) is 0 Å². The van der Waals surface area contributed by atoms with Crippen molar-refractivity contribution in [2.24, 2.45) is 0 Å². The molecule has 0 unspecified atom stereocenters. The number of methoxy groups -OCH3 is 2. The van der Waals surface area contributed by atoms with Crippen molar-refractivity contribution in [1.82, 2.24) is 0 Å². The van der Waals surface area contributed by atoms with Gasteiger partial charge >= 0.3 is 0 Å². The van der Waals surface area contributed by atoms with Crippen molar-refractivity contribution in [2.75, 3.05) is 40.6 Å². The molecule has 0 aromatic heterocycles. The van der Waals surface area contributed by atoms with Gasteiger partial charge in [0.25, 0.3) is 0 Å². The number of phenols is 2. The Morgan fingerprint density at radius 3 is 1.05 bits per heavy atom. The molecule has 0 atom stereocenters. The molecule has 0 spiro atoms. The molecule has 6 heteroatoms. The average Bonchev–Trinajstić information content (AvgIpc) is 3.09. The predicted molar refractivity (Wildman–Crippen MR) is 184 cm³/mol. The number of aromatic hydroxyl groups is 2. The number of hydrogen-bond acceptors (Lipinski definition) is 6. The van der Waals surface area contributed by atoms with Crippen LogP contribution >= 0.6 is 0 Å². The maximum atomic E-state index is 9.73. The first-order chi connectivity index (χ1) is 21.2. The lowest BCUT2D eigenvalue weighted by molar-refractivity contribution is 0.215. The molecule has 4 N–H and O–H groups in total. The number of aliphatic hydroxyl groups is 2. The highest BCUT2D eigenvalue weighted by molar-refractivity contribution is 5.64. The summed E-state index contributed by atoms with van der Waals surface area (Å²) in [6, 6.07) is 33.6. The second-order valence-corrected chi connectivity index (χ2v) is 9.76. The van der Waals surface area contributed by atoms with Gasteiger partial charge in [0.15, 0.2) is 0 Å². The summed E-state index contributed by atoms with van der Waals surface area (Å²) in [5, 5.41) is 35.2. The highest BCUT2D eigenvalue weighted by atomic mass is 16.5. The van der Waals surface area contributed by atoms with Crippen LogP contribution in [0.25, 0.3) is 11.1 Å². The van der Waals surface area contributed by atoms with E-state index in [0.29, 0.717) is 13.2 Å². The van der Waals surface area contributed by atoms with Crippen molar-refractivity contribution in [3.8, 4) is 22.6 Å². The molecule has 0 aliphatic heterocycles. The zero-order valence-corrected chi connectivity index (χ0v) is 27.7. The molecule has 0 heterocycles. The molecule has 0 saturated heterocycles. The highest BCUT2D eigenvalue weighted by Crippen LogP contribution is 2.40. The Hall–Kier alpha value is -3.68. The number of aliphatic hydroxyl groups excluding tert-OH is 2. The monoisotopic (exact) mass is 606 g/mol. The Morgan fingerprint density at radius 1 is 0.500 bits per heavy atom. The maximum absolute atomic E-state index is 9.73. The first-order valence-corrected chi connectivity index (χ1v) is 15.2. The SMILES string of the molecule is CC(c1ccc(O)cc1)(c1ccc(O)cc1)c1ccc(-c2ccccc2)cc1.CCCO.CCCO.CCOC.CCOC. The summed E-state index contributed by atoms with van der Waals surface area (Å²) in [6.45, 7) is 12.2. The quantitative estimate of drug-likeness (QED) is 0.151. The van der Waals surface area contributed by atoms with Gasteiger partial charge < -0.3 is 29.9 Å². The van der Waals surface area contributed by atoms with Crippen LogP contribution in [0.4, 0.5) is 0 Å². The van der Waals surface area contributed by atoms with E-state index in [1.807, 2.05) is 70.2 Å². The average molecular weight is 607 g/mol. The van der Waals surface area contributed by atoms with Gasteiger partial charge in [0.1, 0.15) is 11.5 Å². The summed E-state index contributed by atoms with van der Waals surface area (Å²) >= 11 is 0. The molecule has 0 aliphatic carbocycles. The van der Waals surface area contributed by atoms with Crippen molar-refractivity contribution in [3.05, 3.63) is 120 Å². The van der Waals surface area contributed by atoms with E-state index in [4.69, 9.17) is 10.2 Å². The van der Waals surface area contributed by atoms with Crippen LogP contribution in [0.2, 0.25) is 0 Å².